The normalized spacial score (nSPS) is 12.8. The second-order valence-electron chi connectivity index (χ2n) is 9.52. The molecule has 0 saturated carbocycles. The van der Waals surface area contributed by atoms with Crippen molar-refractivity contribution >= 4 is 47.5 Å². The molecule has 4 amide bonds. The van der Waals surface area contributed by atoms with Gasteiger partial charge in [0.05, 0.1) is 25.6 Å². The summed E-state index contributed by atoms with van der Waals surface area (Å²) in [5.74, 6) is -7.77. The molecule has 20 nitrogen and oxygen atoms in total. The Balaban J connectivity index is 0.00000476. The average Bonchev–Trinajstić information content (AvgIpc) is 2.95. The van der Waals surface area contributed by atoms with Crippen molar-refractivity contribution in [2.45, 2.75) is 56.8 Å². The van der Waals surface area contributed by atoms with Crippen molar-refractivity contribution in [3.8, 4) is 5.75 Å². The highest BCUT2D eigenvalue weighted by molar-refractivity contribution is 5.95. The van der Waals surface area contributed by atoms with E-state index in [2.05, 4.69) is 20.9 Å². The first kappa shape index (κ1) is 40.5. The molecule has 0 radical (unpaired) electrons. The summed E-state index contributed by atoms with van der Waals surface area (Å²) in [6, 6.07) is 0.259. The van der Waals surface area contributed by atoms with Gasteiger partial charge in [0.25, 0.3) is 5.97 Å². The molecule has 0 bridgehead atoms. The predicted molar refractivity (Wildman–Crippen MR) is 159 cm³/mol. The minimum Gasteiger partial charge on any atom is -0.508 e. The number of carboxylic acid groups (broad SMARTS) is 3. The van der Waals surface area contributed by atoms with Crippen LogP contribution in [0.1, 0.15) is 31.7 Å². The van der Waals surface area contributed by atoms with Crippen LogP contribution in [0.25, 0.3) is 0 Å². The van der Waals surface area contributed by atoms with Crippen LogP contribution < -0.4 is 38.5 Å². The number of carbonyl (C=O) groups excluding carboxylic acids is 4. The van der Waals surface area contributed by atoms with E-state index in [4.69, 9.17) is 42.4 Å². The van der Waals surface area contributed by atoms with E-state index < -0.39 is 85.3 Å². The number of benzene rings is 1. The van der Waals surface area contributed by atoms with E-state index >= 15 is 0 Å². The Morgan fingerprint density at radius 3 is 1.91 bits per heavy atom. The molecule has 0 aliphatic rings. The third-order valence-electron chi connectivity index (χ3n) is 5.56. The molecule has 256 valence electrons. The van der Waals surface area contributed by atoms with Crippen molar-refractivity contribution in [3.05, 3.63) is 29.8 Å². The number of aromatic hydroxyl groups is 1. The van der Waals surface area contributed by atoms with Crippen LogP contribution in [0.3, 0.4) is 0 Å². The van der Waals surface area contributed by atoms with Gasteiger partial charge in [0, 0.05) is 13.5 Å². The van der Waals surface area contributed by atoms with Gasteiger partial charge in [-0.25, -0.2) is 4.79 Å². The summed E-state index contributed by atoms with van der Waals surface area (Å²) >= 11 is 0. The Bertz CT molecular complexity index is 1230. The highest BCUT2D eigenvalue weighted by atomic mass is 16.4. The lowest BCUT2D eigenvalue weighted by Gasteiger charge is -2.22. The maximum absolute atomic E-state index is 12.9. The van der Waals surface area contributed by atoms with Crippen molar-refractivity contribution in [1.82, 2.24) is 21.3 Å². The highest BCUT2D eigenvalue weighted by Crippen LogP contribution is 2.11. The number of carbonyl (C=O) groups is 7. The number of aliphatic imine (C=N–C) groups is 1. The van der Waals surface area contributed by atoms with Crippen LogP contribution in [-0.2, 0) is 40.0 Å². The van der Waals surface area contributed by atoms with Gasteiger partial charge in [-0.05, 0) is 37.0 Å². The van der Waals surface area contributed by atoms with Gasteiger partial charge in [-0.3, -0.25) is 33.8 Å². The Morgan fingerprint density at radius 1 is 0.848 bits per heavy atom. The third-order valence-corrected chi connectivity index (χ3v) is 5.56. The number of carboxylic acids is 3. The number of amides is 4. The molecule has 0 saturated heterocycles. The van der Waals surface area contributed by atoms with Gasteiger partial charge in [-0.1, -0.05) is 12.1 Å². The Labute approximate surface area is 262 Å². The first-order valence-electron chi connectivity index (χ1n) is 13.5. The molecule has 1 aromatic carbocycles. The third kappa shape index (κ3) is 18.2. The van der Waals surface area contributed by atoms with E-state index in [9.17, 15) is 33.9 Å². The van der Waals surface area contributed by atoms with E-state index in [0.29, 0.717) is 5.56 Å². The summed E-state index contributed by atoms with van der Waals surface area (Å²) in [5.41, 5.74) is 17.2. The van der Waals surface area contributed by atoms with E-state index in [0.717, 1.165) is 6.92 Å². The zero-order valence-corrected chi connectivity index (χ0v) is 24.8. The Hall–Kier alpha value is -5.50. The van der Waals surface area contributed by atoms with Crippen LogP contribution in [0.2, 0.25) is 0 Å². The zero-order valence-electron chi connectivity index (χ0n) is 24.8. The first-order chi connectivity index (χ1) is 21.5. The summed E-state index contributed by atoms with van der Waals surface area (Å²) < 4.78 is 0. The molecule has 1 rings (SSSR count). The fraction of sp³-hybridized carbons (Fsp3) is 0.462. The van der Waals surface area contributed by atoms with E-state index in [1.165, 1.54) is 12.1 Å². The van der Waals surface area contributed by atoms with E-state index in [-0.39, 0.29) is 37.5 Å². The molecule has 0 spiro atoms. The zero-order chi connectivity index (χ0) is 35.4. The number of aliphatic hydroxyl groups is 1. The highest BCUT2D eigenvalue weighted by Gasteiger charge is 2.29. The van der Waals surface area contributed by atoms with Crippen molar-refractivity contribution in [1.29, 1.82) is 0 Å². The van der Waals surface area contributed by atoms with E-state index in [1.807, 2.05) is 5.32 Å². The molecule has 0 heterocycles. The summed E-state index contributed by atoms with van der Waals surface area (Å²) in [6.45, 7) is -0.524. The Morgan fingerprint density at radius 2 is 1.41 bits per heavy atom. The molecular weight excluding hydrogens is 616 g/mol. The van der Waals surface area contributed by atoms with Gasteiger partial charge in [-0.2, -0.15) is 0 Å². The SMILES string of the molecule is CC(=O)O.NC(N)=NCCCC(NC(=O)C(N)Cc1ccc(O)cc1)C(=O)NCC(=O)NC(CC(=O)O)C(=O)NC(CO)C(=O)O. The summed E-state index contributed by atoms with van der Waals surface area (Å²) in [6.07, 6.45) is -0.565. The number of aliphatic carboxylic acids is 3. The number of guanidine groups is 1. The molecule has 0 aromatic heterocycles. The number of phenolic OH excluding ortho intramolecular Hbond substituents is 1. The molecule has 0 aliphatic carbocycles. The van der Waals surface area contributed by atoms with Gasteiger partial charge in [0.15, 0.2) is 5.96 Å². The molecule has 1 aromatic rings. The number of aliphatic hydroxyl groups excluding tert-OH is 1. The van der Waals surface area contributed by atoms with Crippen molar-refractivity contribution < 1.29 is 59.1 Å². The lowest BCUT2D eigenvalue weighted by Crippen LogP contribution is -2.56. The predicted octanol–water partition coefficient (Wildman–Crippen LogP) is -4.47. The van der Waals surface area contributed by atoms with Crippen molar-refractivity contribution in [3.63, 3.8) is 0 Å². The summed E-state index contributed by atoms with van der Waals surface area (Å²) in [7, 11) is 0. The van der Waals surface area contributed by atoms with Gasteiger partial charge in [0.2, 0.25) is 23.6 Å². The topological polar surface area (TPSA) is 359 Å². The summed E-state index contributed by atoms with van der Waals surface area (Å²) in [5, 5.41) is 52.6. The second-order valence-corrected chi connectivity index (χ2v) is 9.52. The van der Waals surface area contributed by atoms with Crippen LogP contribution in [-0.4, -0.2) is 117 Å². The van der Waals surface area contributed by atoms with Crippen molar-refractivity contribution in [2.75, 3.05) is 19.7 Å². The molecular formula is C26H40N8O12. The largest absolute Gasteiger partial charge is 0.508 e. The summed E-state index contributed by atoms with van der Waals surface area (Å²) in [4.78, 5) is 85.3. The van der Waals surface area contributed by atoms with Gasteiger partial charge in [-0.15, -0.1) is 0 Å². The van der Waals surface area contributed by atoms with Crippen molar-refractivity contribution in [2.24, 2.45) is 22.2 Å². The van der Waals surface area contributed by atoms with Crippen LogP contribution in [0.15, 0.2) is 29.3 Å². The molecule has 0 fully saturated rings. The van der Waals surface area contributed by atoms with Gasteiger partial charge in [0.1, 0.15) is 23.9 Å². The smallest absolute Gasteiger partial charge is 0.328 e. The lowest BCUT2D eigenvalue weighted by atomic mass is 10.0. The number of rotatable bonds is 18. The number of hydrogen-bond acceptors (Lipinski definition) is 11. The fourth-order valence-corrected chi connectivity index (χ4v) is 3.41. The fourth-order valence-electron chi connectivity index (χ4n) is 3.41. The van der Waals surface area contributed by atoms with Gasteiger partial charge < -0.3 is 64.0 Å². The standard InChI is InChI=1S/C24H36N8O10.C2H4O2/c25-14(8-12-3-5-13(34)6-4-12)20(38)31-15(2-1-7-28-24(26)27)21(39)29-10-18(35)30-16(9-19(36)37)22(40)32-17(11-33)23(41)42;1-2(3)4/h3-6,14-17,33-34H,1-2,7-11,25H2,(H,29,39)(H,30,35)(H,31,38)(H,32,40)(H,36,37)(H,41,42)(H4,26,27,28);1H3,(H,3,4). The quantitative estimate of drug-likeness (QED) is 0.0402. The van der Waals surface area contributed by atoms with E-state index in [1.54, 1.807) is 12.1 Å². The van der Waals surface area contributed by atoms with Gasteiger partial charge >= 0.3 is 11.9 Å². The molecule has 46 heavy (non-hydrogen) atoms. The number of hydrogen-bond donors (Lipinski definition) is 12. The number of phenols is 1. The molecule has 4 atom stereocenters. The minimum absolute atomic E-state index is 0.0304. The number of nitrogens with zero attached hydrogens (tertiary/aromatic N) is 1. The number of nitrogens with one attached hydrogen (secondary N) is 4. The molecule has 0 aliphatic heterocycles. The maximum atomic E-state index is 12.9. The molecule has 4 unspecified atom stereocenters. The van der Waals surface area contributed by atoms with Crippen LogP contribution >= 0.6 is 0 Å². The van der Waals surface area contributed by atoms with Crippen LogP contribution in [0, 0.1) is 0 Å². The monoisotopic (exact) mass is 656 g/mol. The van der Waals surface area contributed by atoms with Crippen LogP contribution in [0.4, 0.5) is 0 Å². The minimum atomic E-state index is -1.74. The molecule has 15 N–H and O–H groups in total. The molecule has 20 heteroatoms. The van der Waals surface area contributed by atoms with Crippen LogP contribution in [0.5, 0.6) is 5.75 Å². The first-order valence-corrected chi connectivity index (χ1v) is 13.5. The number of nitrogens with two attached hydrogens (primary N) is 3. The lowest BCUT2D eigenvalue weighted by molar-refractivity contribution is -0.144. The second kappa shape index (κ2) is 21.2. The maximum Gasteiger partial charge on any atom is 0.328 e. The Kier molecular flexibility index (Phi) is 18.7. The average molecular weight is 657 g/mol.